The number of amides is 1. The molecule has 1 heterocycles. The van der Waals surface area contributed by atoms with Gasteiger partial charge in [-0.3, -0.25) is 9.59 Å². The maximum Gasteiger partial charge on any atom is 0.316 e. The fraction of sp³-hybridized carbons (Fsp3) is 0.417. The van der Waals surface area contributed by atoms with Crippen LogP contribution in [0, 0.1) is 19.8 Å². The molecule has 0 aliphatic carbocycles. The maximum absolute atomic E-state index is 12.6. The van der Waals surface area contributed by atoms with Crippen LogP contribution in [0.3, 0.4) is 0 Å². The van der Waals surface area contributed by atoms with E-state index in [1.807, 2.05) is 56.3 Å². The molecule has 1 aliphatic rings. The number of hydrogen-bond donors (Lipinski definition) is 0. The lowest BCUT2D eigenvalue weighted by Crippen LogP contribution is -2.27. The van der Waals surface area contributed by atoms with E-state index in [1.165, 1.54) is 5.56 Å². The number of aryl methyl sites for hydroxylation is 2. The van der Waals surface area contributed by atoms with E-state index in [-0.39, 0.29) is 23.7 Å². The lowest BCUT2D eigenvalue weighted by Gasteiger charge is -2.23. The van der Waals surface area contributed by atoms with Gasteiger partial charge >= 0.3 is 5.97 Å². The quantitative estimate of drug-likeness (QED) is 0.545. The normalized spacial score (nSPS) is 17.1. The first kappa shape index (κ1) is 20.1. The minimum absolute atomic E-state index is 0.0334. The first-order valence-corrected chi connectivity index (χ1v) is 9.91. The second kappa shape index (κ2) is 7.78. The van der Waals surface area contributed by atoms with Crippen molar-refractivity contribution < 1.29 is 14.3 Å². The van der Waals surface area contributed by atoms with Gasteiger partial charge in [-0.2, -0.15) is 0 Å². The second-order valence-corrected chi connectivity index (χ2v) is 8.38. The van der Waals surface area contributed by atoms with E-state index in [0.29, 0.717) is 12.3 Å². The molecule has 28 heavy (non-hydrogen) atoms. The average molecular weight is 380 g/mol. The minimum atomic E-state index is -0.444. The van der Waals surface area contributed by atoms with Crippen molar-refractivity contribution in [2.45, 2.75) is 52.9 Å². The van der Waals surface area contributed by atoms with Gasteiger partial charge in [-0.05, 0) is 55.0 Å². The number of ether oxygens (including phenoxy) is 1. The highest BCUT2D eigenvalue weighted by atomic mass is 16.5. The number of nitrogens with zero attached hydrogens (tertiary/aromatic N) is 1. The standard InChI is InChI=1S/C24H29NO3/c1-6-24(4,5)19-8-10-20(11-9-19)28-23(27)18-14-22(26)25(15-18)21-12-7-16(2)13-17(21)3/h7-13,18H,6,14-15H2,1-5H3/t18-/m1/s1. The summed E-state index contributed by atoms with van der Waals surface area (Å²) >= 11 is 0. The fourth-order valence-corrected chi connectivity index (χ4v) is 3.58. The first-order valence-electron chi connectivity index (χ1n) is 9.91. The summed E-state index contributed by atoms with van der Waals surface area (Å²) in [5.74, 6) is -0.296. The molecule has 0 unspecified atom stereocenters. The van der Waals surface area contributed by atoms with Crippen LogP contribution in [0.1, 0.15) is 50.3 Å². The SMILES string of the molecule is CCC(C)(C)c1ccc(OC(=O)[C@@H]2CC(=O)N(c3ccc(C)cc3C)C2)cc1. The van der Waals surface area contributed by atoms with Crippen molar-refractivity contribution in [1.82, 2.24) is 0 Å². The maximum atomic E-state index is 12.6. The summed E-state index contributed by atoms with van der Waals surface area (Å²) < 4.78 is 5.56. The summed E-state index contributed by atoms with van der Waals surface area (Å²) in [5, 5.41) is 0. The minimum Gasteiger partial charge on any atom is -0.426 e. The fourth-order valence-electron chi connectivity index (χ4n) is 3.58. The Morgan fingerprint density at radius 1 is 1.14 bits per heavy atom. The number of carbonyl (C=O) groups excluding carboxylic acids is 2. The number of benzene rings is 2. The third-order valence-corrected chi connectivity index (χ3v) is 5.84. The Kier molecular flexibility index (Phi) is 5.59. The van der Waals surface area contributed by atoms with E-state index < -0.39 is 5.92 Å². The molecule has 0 bridgehead atoms. The van der Waals surface area contributed by atoms with Gasteiger partial charge in [0.15, 0.2) is 0 Å². The molecule has 4 nitrogen and oxygen atoms in total. The van der Waals surface area contributed by atoms with Gasteiger partial charge in [0.05, 0.1) is 5.92 Å². The number of hydrogen-bond acceptors (Lipinski definition) is 3. The van der Waals surface area contributed by atoms with Gasteiger partial charge < -0.3 is 9.64 Å². The zero-order valence-corrected chi connectivity index (χ0v) is 17.4. The summed E-state index contributed by atoms with van der Waals surface area (Å²) in [5.41, 5.74) is 4.37. The predicted molar refractivity (Wildman–Crippen MR) is 112 cm³/mol. The van der Waals surface area contributed by atoms with Gasteiger partial charge in [-0.25, -0.2) is 0 Å². The first-order chi connectivity index (χ1) is 13.2. The summed E-state index contributed by atoms with van der Waals surface area (Å²) in [6, 6.07) is 13.7. The molecule has 2 aromatic carbocycles. The Morgan fingerprint density at radius 2 is 1.82 bits per heavy atom. The van der Waals surface area contributed by atoms with Gasteiger partial charge in [0.25, 0.3) is 0 Å². The van der Waals surface area contributed by atoms with Crippen molar-refractivity contribution in [2.24, 2.45) is 5.92 Å². The van der Waals surface area contributed by atoms with Crippen LogP contribution < -0.4 is 9.64 Å². The summed E-state index contributed by atoms with van der Waals surface area (Å²) in [7, 11) is 0. The van der Waals surface area contributed by atoms with Crippen molar-refractivity contribution in [3.05, 3.63) is 59.2 Å². The molecule has 0 spiro atoms. The highest BCUT2D eigenvalue weighted by molar-refractivity contribution is 6.00. The Labute approximate surface area is 167 Å². The number of carbonyl (C=O) groups is 2. The lowest BCUT2D eigenvalue weighted by molar-refractivity contribution is -0.139. The van der Waals surface area contributed by atoms with Crippen molar-refractivity contribution >= 4 is 17.6 Å². The number of rotatable bonds is 5. The zero-order valence-electron chi connectivity index (χ0n) is 17.4. The molecule has 1 fully saturated rings. The highest BCUT2D eigenvalue weighted by Gasteiger charge is 2.37. The Morgan fingerprint density at radius 3 is 2.43 bits per heavy atom. The topological polar surface area (TPSA) is 46.6 Å². The molecular formula is C24H29NO3. The Balaban J connectivity index is 1.68. The summed E-state index contributed by atoms with van der Waals surface area (Å²) in [6.45, 7) is 10.9. The number of esters is 1. The van der Waals surface area contributed by atoms with E-state index in [4.69, 9.17) is 4.74 Å². The van der Waals surface area contributed by atoms with Crippen LogP contribution in [0.2, 0.25) is 0 Å². The van der Waals surface area contributed by atoms with Crippen molar-refractivity contribution in [2.75, 3.05) is 11.4 Å². The summed E-state index contributed by atoms with van der Waals surface area (Å²) in [6.07, 6.45) is 1.22. The van der Waals surface area contributed by atoms with Gasteiger partial charge in [-0.1, -0.05) is 50.6 Å². The molecule has 0 radical (unpaired) electrons. The van der Waals surface area contributed by atoms with Crippen LogP contribution in [0.4, 0.5) is 5.69 Å². The van der Waals surface area contributed by atoms with Crippen LogP contribution in [-0.2, 0) is 15.0 Å². The van der Waals surface area contributed by atoms with Gasteiger partial charge in [0.1, 0.15) is 5.75 Å². The molecular weight excluding hydrogens is 350 g/mol. The molecule has 1 saturated heterocycles. The second-order valence-electron chi connectivity index (χ2n) is 8.38. The molecule has 2 aromatic rings. The van der Waals surface area contributed by atoms with E-state index >= 15 is 0 Å². The third-order valence-electron chi connectivity index (χ3n) is 5.84. The van der Waals surface area contributed by atoms with Gasteiger partial charge in [0.2, 0.25) is 5.91 Å². The van der Waals surface area contributed by atoms with E-state index in [0.717, 1.165) is 23.2 Å². The molecule has 0 aromatic heterocycles. The van der Waals surface area contributed by atoms with Crippen LogP contribution >= 0.6 is 0 Å². The average Bonchev–Trinajstić information content (AvgIpc) is 3.04. The Bertz CT molecular complexity index is 883. The molecule has 4 heteroatoms. The molecule has 1 amide bonds. The largest absolute Gasteiger partial charge is 0.426 e. The highest BCUT2D eigenvalue weighted by Crippen LogP contribution is 2.31. The van der Waals surface area contributed by atoms with Crippen molar-refractivity contribution in [1.29, 1.82) is 0 Å². The van der Waals surface area contributed by atoms with Gasteiger partial charge in [0, 0.05) is 18.7 Å². The zero-order chi connectivity index (χ0) is 20.5. The monoisotopic (exact) mass is 379 g/mol. The number of anilines is 1. The molecule has 0 N–H and O–H groups in total. The lowest BCUT2D eigenvalue weighted by atomic mass is 9.82. The molecule has 0 saturated carbocycles. The van der Waals surface area contributed by atoms with Crippen LogP contribution in [0.5, 0.6) is 5.75 Å². The van der Waals surface area contributed by atoms with E-state index in [9.17, 15) is 9.59 Å². The molecule has 1 atom stereocenters. The van der Waals surface area contributed by atoms with Crippen LogP contribution in [0.25, 0.3) is 0 Å². The smallest absolute Gasteiger partial charge is 0.316 e. The third kappa shape index (κ3) is 4.11. The van der Waals surface area contributed by atoms with Crippen LogP contribution in [0.15, 0.2) is 42.5 Å². The Hall–Kier alpha value is -2.62. The van der Waals surface area contributed by atoms with Crippen LogP contribution in [-0.4, -0.2) is 18.4 Å². The molecule has 148 valence electrons. The van der Waals surface area contributed by atoms with E-state index in [1.54, 1.807) is 4.90 Å². The van der Waals surface area contributed by atoms with E-state index in [2.05, 4.69) is 20.8 Å². The summed E-state index contributed by atoms with van der Waals surface area (Å²) in [4.78, 5) is 26.8. The predicted octanol–water partition coefficient (Wildman–Crippen LogP) is 4.95. The van der Waals surface area contributed by atoms with Crippen molar-refractivity contribution in [3.63, 3.8) is 0 Å². The van der Waals surface area contributed by atoms with Crippen molar-refractivity contribution in [3.8, 4) is 5.75 Å². The van der Waals surface area contributed by atoms with Gasteiger partial charge in [-0.15, -0.1) is 0 Å². The molecule has 3 rings (SSSR count). The molecule has 1 aliphatic heterocycles.